The number of hydrogen-bond donors (Lipinski definition) is 1. The molecule has 0 saturated heterocycles. The molecular weight excluding hydrogens is 216 g/mol. The molecule has 0 aliphatic rings. The molecule has 0 saturated carbocycles. The van der Waals surface area contributed by atoms with Crippen LogP contribution in [0.25, 0.3) is 0 Å². The lowest BCUT2D eigenvalue weighted by molar-refractivity contribution is 0.678. The molecule has 2 rings (SSSR count). The van der Waals surface area contributed by atoms with E-state index in [4.69, 9.17) is 0 Å². The predicted molar refractivity (Wildman–Crippen MR) is 68.8 cm³/mol. The van der Waals surface area contributed by atoms with Crippen molar-refractivity contribution in [3.05, 3.63) is 52.5 Å². The van der Waals surface area contributed by atoms with Gasteiger partial charge in [-0.05, 0) is 36.5 Å². The van der Waals surface area contributed by atoms with E-state index in [0.717, 1.165) is 31.6 Å². The smallest absolute Gasteiger partial charge is 0.0416 e. The largest absolute Gasteiger partial charge is 0.316 e. The number of pyridine rings is 1. The Balaban J connectivity index is 1.59. The Hall–Kier alpha value is -1.19. The highest BCUT2D eigenvalue weighted by Gasteiger charge is 1.94. The monoisotopic (exact) mass is 232 g/mol. The van der Waals surface area contributed by atoms with Gasteiger partial charge in [-0.1, -0.05) is 12.1 Å². The highest BCUT2D eigenvalue weighted by atomic mass is 32.1. The highest BCUT2D eigenvalue weighted by Crippen LogP contribution is 2.07. The van der Waals surface area contributed by atoms with Crippen molar-refractivity contribution in [3.8, 4) is 0 Å². The van der Waals surface area contributed by atoms with Crippen molar-refractivity contribution >= 4 is 11.3 Å². The van der Waals surface area contributed by atoms with E-state index >= 15 is 0 Å². The Morgan fingerprint density at radius 2 is 2.00 bits per heavy atom. The molecule has 0 aliphatic carbocycles. The van der Waals surface area contributed by atoms with Crippen molar-refractivity contribution in [3.63, 3.8) is 0 Å². The molecule has 0 amide bonds. The molecule has 0 aromatic carbocycles. The molecule has 0 aliphatic heterocycles. The van der Waals surface area contributed by atoms with E-state index in [-0.39, 0.29) is 0 Å². The molecule has 3 heteroatoms. The molecule has 1 N–H and O–H groups in total. The van der Waals surface area contributed by atoms with Crippen molar-refractivity contribution < 1.29 is 0 Å². The van der Waals surface area contributed by atoms with E-state index in [1.165, 1.54) is 4.88 Å². The van der Waals surface area contributed by atoms with Crippen LogP contribution >= 0.6 is 11.3 Å². The normalized spacial score (nSPS) is 10.5. The van der Waals surface area contributed by atoms with Crippen molar-refractivity contribution in [2.45, 2.75) is 12.8 Å². The zero-order valence-corrected chi connectivity index (χ0v) is 10.0. The zero-order chi connectivity index (χ0) is 11.1. The molecule has 84 valence electrons. The van der Waals surface area contributed by atoms with Crippen molar-refractivity contribution in [2.75, 3.05) is 13.1 Å². The van der Waals surface area contributed by atoms with Crippen LogP contribution in [0.15, 0.2) is 41.9 Å². The summed E-state index contributed by atoms with van der Waals surface area (Å²) in [6.45, 7) is 2.05. The van der Waals surface area contributed by atoms with E-state index in [2.05, 4.69) is 33.9 Å². The van der Waals surface area contributed by atoms with Crippen molar-refractivity contribution in [2.24, 2.45) is 0 Å². The minimum Gasteiger partial charge on any atom is -0.316 e. The van der Waals surface area contributed by atoms with Gasteiger partial charge in [-0.15, -0.1) is 11.3 Å². The maximum atomic E-state index is 4.29. The summed E-state index contributed by atoms with van der Waals surface area (Å²) in [7, 11) is 0. The Kier molecular flexibility index (Phi) is 4.52. The van der Waals surface area contributed by atoms with Crippen LogP contribution in [0, 0.1) is 0 Å². The third-order valence-electron chi connectivity index (χ3n) is 2.41. The second kappa shape index (κ2) is 6.40. The Morgan fingerprint density at radius 1 is 1.06 bits per heavy atom. The molecule has 0 fully saturated rings. The standard InChI is InChI=1S/C13H16N2S/c1-2-8-15-12(4-1)6-9-14-10-7-13-5-3-11-16-13/h1-5,8,11,14H,6-7,9-10H2. The molecule has 0 radical (unpaired) electrons. The van der Waals surface area contributed by atoms with Crippen molar-refractivity contribution in [1.29, 1.82) is 0 Å². The van der Waals surface area contributed by atoms with Crippen molar-refractivity contribution in [1.82, 2.24) is 10.3 Å². The van der Waals surface area contributed by atoms with Crippen LogP contribution in [0.3, 0.4) is 0 Å². The lowest BCUT2D eigenvalue weighted by atomic mass is 10.2. The van der Waals surface area contributed by atoms with Gasteiger partial charge in [-0.3, -0.25) is 4.98 Å². The summed E-state index contributed by atoms with van der Waals surface area (Å²) in [6, 6.07) is 10.3. The summed E-state index contributed by atoms with van der Waals surface area (Å²) >= 11 is 1.82. The average Bonchev–Trinajstić information content (AvgIpc) is 2.83. The molecule has 2 nitrogen and oxygen atoms in total. The second-order valence-corrected chi connectivity index (χ2v) is 4.68. The molecule has 0 spiro atoms. The maximum Gasteiger partial charge on any atom is 0.0416 e. The topological polar surface area (TPSA) is 24.9 Å². The van der Waals surface area contributed by atoms with Crippen LogP contribution < -0.4 is 5.32 Å². The fourth-order valence-electron chi connectivity index (χ4n) is 1.55. The van der Waals surface area contributed by atoms with E-state index < -0.39 is 0 Å². The second-order valence-electron chi connectivity index (χ2n) is 3.65. The molecule has 2 aromatic heterocycles. The zero-order valence-electron chi connectivity index (χ0n) is 9.23. The van der Waals surface area contributed by atoms with E-state index in [1.807, 2.05) is 29.7 Å². The molecule has 2 aromatic rings. The minimum atomic E-state index is 1.00. The van der Waals surface area contributed by atoms with E-state index in [1.54, 1.807) is 0 Å². The SMILES string of the molecule is c1ccc(CCNCCc2cccs2)nc1. The van der Waals surface area contributed by atoms with Crippen LogP contribution in [0.2, 0.25) is 0 Å². The highest BCUT2D eigenvalue weighted by molar-refractivity contribution is 7.09. The first-order valence-corrected chi connectivity index (χ1v) is 6.46. The Bertz CT molecular complexity index is 384. The number of rotatable bonds is 6. The number of thiophene rings is 1. The lowest BCUT2D eigenvalue weighted by Gasteiger charge is -2.03. The summed E-state index contributed by atoms with van der Waals surface area (Å²) in [5.41, 5.74) is 1.16. The summed E-state index contributed by atoms with van der Waals surface area (Å²) in [5.74, 6) is 0. The quantitative estimate of drug-likeness (QED) is 0.774. The minimum absolute atomic E-state index is 1.00. The van der Waals surface area contributed by atoms with Gasteiger partial charge >= 0.3 is 0 Å². The number of hydrogen-bond acceptors (Lipinski definition) is 3. The third kappa shape index (κ3) is 3.76. The third-order valence-corrected chi connectivity index (χ3v) is 3.35. The summed E-state index contributed by atoms with van der Waals surface area (Å²) in [6.07, 6.45) is 3.98. The molecule has 2 heterocycles. The number of aromatic nitrogens is 1. The van der Waals surface area contributed by atoms with Crippen LogP contribution in [0.1, 0.15) is 10.6 Å². The number of nitrogens with one attached hydrogen (secondary N) is 1. The summed E-state index contributed by atoms with van der Waals surface area (Å²) < 4.78 is 0. The Labute approximate surface area is 100 Å². The first-order chi connectivity index (χ1) is 7.95. The van der Waals surface area contributed by atoms with Gasteiger partial charge in [-0.25, -0.2) is 0 Å². The van der Waals surface area contributed by atoms with Crippen LogP contribution in [0.4, 0.5) is 0 Å². The molecular formula is C13H16N2S. The van der Waals surface area contributed by atoms with Gasteiger partial charge in [0.2, 0.25) is 0 Å². The molecule has 0 unspecified atom stereocenters. The molecule has 0 atom stereocenters. The van der Waals surface area contributed by atoms with Gasteiger partial charge in [0, 0.05) is 29.7 Å². The van der Waals surface area contributed by atoms with Crippen LogP contribution in [-0.4, -0.2) is 18.1 Å². The lowest BCUT2D eigenvalue weighted by Crippen LogP contribution is -2.20. The van der Waals surface area contributed by atoms with Gasteiger partial charge in [0.15, 0.2) is 0 Å². The van der Waals surface area contributed by atoms with E-state index in [9.17, 15) is 0 Å². The van der Waals surface area contributed by atoms with Gasteiger partial charge < -0.3 is 5.32 Å². The van der Waals surface area contributed by atoms with E-state index in [0.29, 0.717) is 0 Å². The van der Waals surface area contributed by atoms with Crippen LogP contribution in [-0.2, 0) is 12.8 Å². The predicted octanol–water partition coefficient (Wildman–Crippen LogP) is 2.52. The summed E-state index contributed by atoms with van der Waals surface area (Å²) in [5, 5.41) is 5.57. The van der Waals surface area contributed by atoms with Gasteiger partial charge in [0.25, 0.3) is 0 Å². The molecule has 16 heavy (non-hydrogen) atoms. The fourth-order valence-corrected chi connectivity index (χ4v) is 2.26. The fraction of sp³-hybridized carbons (Fsp3) is 0.308. The Morgan fingerprint density at radius 3 is 2.75 bits per heavy atom. The first kappa shape index (κ1) is 11.3. The first-order valence-electron chi connectivity index (χ1n) is 5.58. The summed E-state index contributed by atoms with van der Waals surface area (Å²) in [4.78, 5) is 5.74. The maximum absolute atomic E-state index is 4.29. The number of nitrogens with zero attached hydrogens (tertiary/aromatic N) is 1. The molecule has 0 bridgehead atoms. The van der Waals surface area contributed by atoms with Gasteiger partial charge in [-0.2, -0.15) is 0 Å². The van der Waals surface area contributed by atoms with Gasteiger partial charge in [0.05, 0.1) is 0 Å². The average molecular weight is 232 g/mol. The van der Waals surface area contributed by atoms with Gasteiger partial charge in [0.1, 0.15) is 0 Å². The van der Waals surface area contributed by atoms with Crippen LogP contribution in [0.5, 0.6) is 0 Å².